The lowest BCUT2D eigenvalue weighted by Crippen LogP contribution is -2.27. The number of imidazole rings is 1. The Labute approximate surface area is 167 Å². The van der Waals surface area contributed by atoms with E-state index in [1.165, 1.54) is 12.1 Å². The van der Waals surface area contributed by atoms with Crippen molar-refractivity contribution >= 4 is 16.9 Å². The number of para-hydroxylation sites is 2. The molecule has 1 N–H and O–H groups in total. The highest BCUT2D eigenvalue weighted by Crippen LogP contribution is 2.22. The minimum atomic E-state index is -0.316. The third kappa shape index (κ3) is 4.27. The number of aromatic nitrogens is 2. The van der Waals surface area contributed by atoms with Gasteiger partial charge in [0.1, 0.15) is 23.1 Å². The monoisotopic (exact) mass is 389 g/mol. The van der Waals surface area contributed by atoms with Gasteiger partial charge >= 0.3 is 0 Å². The number of rotatable bonds is 6. The molecule has 1 aromatic heterocycles. The molecule has 0 saturated carbocycles. The number of nitrogens with one attached hydrogen (secondary N) is 1. The van der Waals surface area contributed by atoms with E-state index in [1.54, 1.807) is 36.4 Å². The van der Waals surface area contributed by atoms with Crippen molar-refractivity contribution in [3.05, 3.63) is 90.0 Å². The highest BCUT2D eigenvalue weighted by atomic mass is 19.1. The molecule has 6 heteroatoms. The van der Waals surface area contributed by atoms with E-state index in [0.717, 1.165) is 16.9 Å². The summed E-state index contributed by atoms with van der Waals surface area (Å²) in [5, 5.41) is 2.93. The zero-order valence-electron chi connectivity index (χ0n) is 15.9. The van der Waals surface area contributed by atoms with Gasteiger partial charge in [-0.1, -0.05) is 12.1 Å². The number of carbonyl (C=O) groups excluding carboxylic acids is 1. The van der Waals surface area contributed by atoms with Crippen LogP contribution in [0.4, 0.5) is 4.39 Å². The molecule has 5 nitrogen and oxygen atoms in total. The average Bonchev–Trinajstić information content (AvgIpc) is 3.05. The van der Waals surface area contributed by atoms with Gasteiger partial charge in [-0.25, -0.2) is 9.37 Å². The molecule has 0 aliphatic rings. The van der Waals surface area contributed by atoms with Crippen molar-refractivity contribution in [2.45, 2.75) is 13.5 Å². The Bertz CT molecular complexity index is 1140. The van der Waals surface area contributed by atoms with Crippen LogP contribution in [0.25, 0.3) is 11.0 Å². The van der Waals surface area contributed by atoms with E-state index in [0.29, 0.717) is 30.2 Å². The van der Waals surface area contributed by atoms with Gasteiger partial charge in [-0.2, -0.15) is 0 Å². The predicted molar refractivity (Wildman–Crippen MR) is 110 cm³/mol. The van der Waals surface area contributed by atoms with Gasteiger partial charge in [0.15, 0.2) is 0 Å². The number of ether oxygens (including phenoxy) is 1. The Morgan fingerprint density at radius 1 is 1.00 bits per heavy atom. The van der Waals surface area contributed by atoms with E-state index in [1.807, 2.05) is 31.2 Å². The molecule has 29 heavy (non-hydrogen) atoms. The SMILES string of the molecule is Cc1nc2ccccc2n1CCNC(=O)c1ccc(Oc2ccc(F)cc2)cc1. The molecule has 3 aromatic carbocycles. The van der Waals surface area contributed by atoms with E-state index in [-0.39, 0.29) is 11.7 Å². The van der Waals surface area contributed by atoms with Gasteiger partial charge in [-0.05, 0) is 67.6 Å². The molecule has 4 aromatic rings. The number of halogens is 1. The number of aryl methyl sites for hydroxylation is 1. The molecular weight excluding hydrogens is 369 g/mol. The maximum Gasteiger partial charge on any atom is 0.251 e. The normalized spacial score (nSPS) is 10.8. The summed E-state index contributed by atoms with van der Waals surface area (Å²) in [5.74, 6) is 1.56. The smallest absolute Gasteiger partial charge is 0.251 e. The van der Waals surface area contributed by atoms with E-state index in [9.17, 15) is 9.18 Å². The number of fused-ring (bicyclic) bond motifs is 1. The lowest BCUT2D eigenvalue weighted by molar-refractivity contribution is 0.0952. The summed E-state index contributed by atoms with van der Waals surface area (Å²) in [7, 11) is 0. The van der Waals surface area contributed by atoms with E-state index < -0.39 is 0 Å². The first-order valence-electron chi connectivity index (χ1n) is 9.34. The lowest BCUT2D eigenvalue weighted by atomic mass is 10.2. The molecule has 0 bridgehead atoms. The molecule has 4 rings (SSSR count). The van der Waals surface area contributed by atoms with Gasteiger partial charge in [0.25, 0.3) is 5.91 Å². The van der Waals surface area contributed by atoms with E-state index >= 15 is 0 Å². The maximum atomic E-state index is 13.0. The Balaban J connectivity index is 1.35. The van der Waals surface area contributed by atoms with E-state index in [2.05, 4.69) is 14.9 Å². The fraction of sp³-hybridized carbons (Fsp3) is 0.130. The number of hydrogen-bond acceptors (Lipinski definition) is 3. The van der Waals surface area contributed by atoms with Crippen molar-refractivity contribution in [1.29, 1.82) is 0 Å². The van der Waals surface area contributed by atoms with Crippen LogP contribution in [0.5, 0.6) is 11.5 Å². The summed E-state index contributed by atoms with van der Waals surface area (Å²) in [5.41, 5.74) is 2.55. The van der Waals surface area contributed by atoms with Crippen LogP contribution < -0.4 is 10.1 Å². The summed E-state index contributed by atoms with van der Waals surface area (Å²) in [6.45, 7) is 3.10. The number of nitrogens with zero attached hydrogens (tertiary/aromatic N) is 2. The topological polar surface area (TPSA) is 56.2 Å². The molecule has 0 fully saturated rings. The third-order valence-corrected chi connectivity index (χ3v) is 4.63. The average molecular weight is 389 g/mol. The first kappa shape index (κ1) is 18.7. The summed E-state index contributed by atoms with van der Waals surface area (Å²) in [4.78, 5) is 16.9. The molecule has 146 valence electrons. The fourth-order valence-corrected chi connectivity index (χ4v) is 3.17. The summed E-state index contributed by atoms with van der Waals surface area (Å²) in [6.07, 6.45) is 0. The maximum absolute atomic E-state index is 13.0. The molecule has 1 amide bonds. The molecule has 0 atom stereocenters. The second-order valence-electron chi connectivity index (χ2n) is 6.64. The van der Waals surface area contributed by atoms with Crippen LogP contribution in [0.1, 0.15) is 16.2 Å². The molecule has 0 unspecified atom stereocenters. The van der Waals surface area contributed by atoms with Crippen molar-refractivity contribution in [2.24, 2.45) is 0 Å². The van der Waals surface area contributed by atoms with Crippen LogP contribution >= 0.6 is 0 Å². The Morgan fingerprint density at radius 2 is 1.66 bits per heavy atom. The molecule has 0 saturated heterocycles. The van der Waals surface area contributed by atoms with Crippen molar-refractivity contribution in [2.75, 3.05) is 6.54 Å². The molecule has 0 spiro atoms. The van der Waals surface area contributed by atoms with Crippen LogP contribution in [0.15, 0.2) is 72.8 Å². The fourth-order valence-electron chi connectivity index (χ4n) is 3.17. The highest BCUT2D eigenvalue weighted by molar-refractivity contribution is 5.94. The zero-order chi connectivity index (χ0) is 20.2. The van der Waals surface area contributed by atoms with Crippen molar-refractivity contribution in [3.63, 3.8) is 0 Å². The van der Waals surface area contributed by atoms with Crippen molar-refractivity contribution in [1.82, 2.24) is 14.9 Å². The van der Waals surface area contributed by atoms with Crippen LogP contribution in [-0.2, 0) is 6.54 Å². The second-order valence-corrected chi connectivity index (χ2v) is 6.64. The van der Waals surface area contributed by atoms with Gasteiger partial charge < -0.3 is 14.6 Å². The van der Waals surface area contributed by atoms with Crippen LogP contribution in [0.3, 0.4) is 0 Å². The number of amides is 1. The molecular formula is C23H20FN3O2. The third-order valence-electron chi connectivity index (χ3n) is 4.63. The number of hydrogen-bond donors (Lipinski definition) is 1. The molecule has 0 aliphatic heterocycles. The second kappa shape index (κ2) is 8.14. The Hall–Kier alpha value is -3.67. The summed E-state index contributed by atoms with van der Waals surface area (Å²) < 4.78 is 20.7. The lowest BCUT2D eigenvalue weighted by Gasteiger charge is -2.10. The number of benzene rings is 3. The Morgan fingerprint density at radius 3 is 2.38 bits per heavy atom. The molecule has 0 aliphatic carbocycles. The quantitative estimate of drug-likeness (QED) is 0.520. The Kier molecular flexibility index (Phi) is 5.24. The van der Waals surface area contributed by atoms with Crippen molar-refractivity contribution in [3.8, 4) is 11.5 Å². The van der Waals surface area contributed by atoms with Gasteiger partial charge in [0, 0.05) is 18.7 Å². The first-order chi connectivity index (χ1) is 14.1. The predicted octanol–water partition coefficient (Wildman–Crippen LogP) is 4.71. The zero-order valence-corrected chi connectivity index (χ0v) is 15.9. The van der Waals surface area contributed by atoms with Gasteiger partial charge in [-0.15, -0.1) is 0 Å². The molecule has 1 heterocycles. The summed E-state index contributed by atoms with van der Waals surface area (Å²) >= 11 is 0. The van der Waals surface area contributed by atoms with Crippen LogP contribution in [-0.4, -0.2) is 22.0 Å². The van der Waals surface area contributed by atoms with Gasteiger partial charge in [0.2, 0.25) is 0 Å². The van der Waals surface area contributed by atoms with Gasteiger partial charge in [0.05, 0.1) is 11.0 Å². The standard InChI is InChI=1S/C23H20FN3O2/c1-16-26-21-4-2-3-5-22(21)27(16)15-14-25-23(28)17-6-10-19(11-7-17)29-20-12-8-18(24)9-13-20/h2-13H,14-15H2,1H3,(H,25,28). The number of carbonyl (C=O) groups is 1. The van der Waals surface area contributed by atoms with Gasteiger partial charge in [-0.3, -0.25) is 4.79 Å². The van der Waals surface area contributed by atoms with Crippen LogP contribution in [0, 0.1) is 12.7 Å². The van der Waals surface area contributed by atoms with E-state index in [4.69, 9.17) is 4.74 Å². The summed E-state index contributed by atoms with van der Waals surface area (Å²) in [6, 6.07) is 20.6. The highest BCUT2D eigenvalue weighted by Gasteiger charge is 2.09. The minimum Gasteiger partial charge on any atom is -0.457 e. The van der Waals surface area contributed by atoms with Crippen molar-refractivity contribution < 1.29 is 13.9 Å². The van der Waals surface area contributed by atoms with Crippen LogP contribution in [0.2, 0.25) is 0 Å². The minimum absolute atomic E-state index is 0.152. The molecule has 0 radical (unpaired) electrons. The largest absolute Gasteiger partial charge is 0.457 e. The first-order valence-corrected chi connectivity index (χ1v) is 9.34.